The fourth-order valence-corrected chi connectivity index (χ4v) is 2.47. The summed E-state index contributed by atoms with van der Waals surface area (Å²) in [5.41, 5.74) is 1.53. The van der Waals surface area contributed by atoms with Gasteiger partial charge in [0.2, 0.25) is 0 Å². The second kappa shape index (κ2) is 5.84. The fourth-order valence-electron chi connectivity index (χ4n) is 1.65. The Morgan fingerprint density at radius 2 is 2.26 bits per heavy atom. The summed E-state index contributed by atoms with van der Waals surface area (Å²) in [5, 5.41) is 11.3. The van der Waals surface area contributed by atoms with Crippen molar-refractivity contribution in [2.45, 2.75) is 26.4 Å². The van der Waals surface area contributed by atoms with Gasteiger partial charge in [0.15, 0.2) is 0 Å². The molecule has 0 fully saturated rings. The largest absolute Gasteiger partial charge is 0.491 e. The van der Waals surface area contributed by atoms with Gasteiger partial charge in [0, 0.05) is 10.9 Å². The average molecular weight is 277 g/mol. The van der Waals surface area contributed by atoms with Crippen molar-refractivity contribution < 1.29 is 14.6 Å². The molecule has 0 aliphatic carbocycles. The third-order valence-electron chi connectivity index (χ3n) is 2.34. The molecule has 1 aromatic carbocycles. The molecule has 1 aromatic heterocycles. The van der Waals surface area contributed by atoms with E-state index in [0.717, 1.165) is 16.3 Å². The molecule has 2 rings (SSSR count). The lowest BCUT2D eigenvalue weighted by molar-refractivity contribution is -0.136. The second-order valence-corrected chi connectivity index (χ2v) is 5.27. The summed E-state index contributed by atoms with van der Waals surface area (Å²) < 4.78 is 5.63. The highest BCUT2D eigenvalue weighted by molar-refractivity contribution is 7.13. The maximum atomic E-state index is 10.6. The summed E-state index contributed by atoms with van der Waals surface area (Å²) in [6.45, 7) is 3.95. The highest BCUT2D eigenvalue weighted by atomic mass is 32.1. The van der Waals surface area contributed by atoms with Gasteiger partial charge in [-0.25, -0.2) is 4.98 Å². The Morgan fingerprint density at radius 1 is 1.47 bits per heavy atom. The van der Waals surface area contributed by atoms with E-state index in [9.17, 15) is 4.79 Å². The molecule has 0 unspecified atom stereocenters. The molecule has 0 aliphatic heterocycles. The topological polar surface area (TPSA) is 59.4 Å². The lowest BCUT2D eigenvalue weighted by Gasteiger charge is -2.09. The minimum atomic E-state index is -0.867. The van der Waals surface area contributed by atoms with Crippen molar-refractivity contribution >= 4 is 17.3 Å². The molecule has 100 valence electrons. The molecule has 1 heterocycles. The SMILES string of the molecule is CC(C)Oc1cccc(-c2nc(CC(=O)O)cs2)c1. The lowest BCUT2D eigenvalue weighted by atomic mass is 10.2. The number of ether oxygens (including phenoxy) is 1. The minimum absolute atomic E-state index is 0.0430. The predicted octanol–water partition coefficient (Wildman–Crippen LogP) is 3.22. The first-order chi connectivity index (χ1) is 9.04. The van der Waals surface area contributed by atoms with Gasteiger partial charge in [-0.2, -0.15) is 0 Å². The quantitative estimate of drug-likeness (QED) is 0.911. The van der Waals surface area contributed by atoms with Crippen LogP contribution in [0.5, 0.6) is 5.75 Å². The average Bonchev–Trinajstić information content (AvgIpc) is 2.76. The molecule has 0 radical (unpaired) electrons. The summed E-state index contributed by atoms with van der Waals surface area (Å²) in [7, 11) is 0. The first-order valence-corrected chi connectivity index (χ1v) is 6.86. The second-order valence-electron chi connectivity index (χ2n) is 4.41. The molecular weight excluding hydrogens is 262 g/mol. The van der Waals surface area contributed by atoms with E-state index in [-0.39, 0.29) is 12.5 Å². The fraction of sp³-hybridized carbons (Fsp3) is 0.286. The molecule has 0 bridgehead atoms. The maximum absolute atomic E-state index is 10.6. The third-order valence-corrected chi connectivity index (χ3v) is 3.28. The molecule has 19 heavy (non-hydrogen) atoms. The van der Waals surface area contributed by atoms with Crippen LogP contribution in [0.15, 0.2) is 29.6 Å². The molecule has 0 atom stereocenters. The molecule has 5 heteroatoms. The zero-order chi connectivity index (χ0) is 13.8. The highest BCUT2D eigenvalue weighted by Crippen LogP contribution is 2.27. The Bertz CT molecular complexity index is 578. The number of aromatic nitrogens is 1. The van der Waals surface area contributed by atoms with Gasteiger partial charge in [0.05, 0.1) is 18.2 Å². The van der Waals surface area contributed by atoms with Crippen molar-refractivity contribution in [1.82, 2.24) is 4.98 Å². The summed E-state index contributed by atoms with van der Waals surface area (Å²) >= 11 is 1.44. The van der Waals surface area contributed by atoms with Crippen molar-refractivity contribution in [3.05, 3.63) is 35.3 Å². The number of carboxylic acids is 1. The number of benzene rings is 1. The van der Waals surface area contributed by atoms with Crippen LogP contribution in [0, 0.1) is 0 Å². The first-order valence-electron chi connectivity index (χ1n) is 5.98. The van der Waals surface area contributed by atoms with E-state index in [0.29, 0.717) is 5.69 Å². The van der Waals surface area contributed by atoms with Gasteiger partial charge in [-0.05, 0) is 26.0 Å². The van der Waals surface area contributed by atoms with Crippen LogP contribution in [0.1, 0.15) is 19.5 Å². The summed E-state index contributed by atoms with van der Waals surface area (Å²) in [4.78, 5) is 15.0. The Hall–Kier alpha value is -1.88. The van der Waals surface area contributed by atoms with E-state index in [1.165, 1.54) is 11.3 Å². The molecule has 4 nitrogen and oxygen atoms in total. The number of aliphatic carboxylic acids is 1. The number of carboxylic acid groups (broad SMARTS) is 1. The van der Waals surface area contributed by atoms with E-state index >= 15 is 0 Å². The van der Waals surface area contributed by atoms with Gasteiger partial charge in [0.25, 0.3) is 0 Å². The highest BCUT2D eigenvalue weighted by Gasteiger charge is 2.09. The number of hydrogen-bond acceptors (Lipinski definition) is 4. The van der Waals surface area contributed by atoms with Crippen LogP contribution >= 0.6 is 11.3 Å². The van der Waals surface area contributed by atoms with E-state index in [4.69, 9.17) is 9.84 Å². The van der Waals surface area contributed by atoms with Crippen LogP contribution in [0.4, 0.5) is 0 Å². The van der Waals surface area contributed by atoms with Gasteiger partial charge in [-0.15, -0.1) is 11.3 Å². The number of hydrogen-bond donors (Lipinski definition) is 1. The Morgan fingerprint density at radius 3 is 2.95 bits per heavy atom. The lowest BCUT2D eigenvalue weighted by Crippen LogP contribution is -2.05. The number of rotatable bonds is 5. The van der Waals surface area contributed by atoms with E-state index in [1.807, 2.05) is 38.1 Å². The van der Waals surface area contributed by atoms with Crippen molar-refractivity contribution in [2.24, 2.45) is 0 Å². The van der Waals surface area contributed by atoms with Crippen LogP contribution in [0.25, 0.3) is 10.6 Å². The Balaban J connectivity index is 2.21. The van der Waals surface area contributed by atoms with Crippen molar-refractivity contribution in [1.29, 1.82) is 0 Å². The van der Waals surface area contributed by atoms with Crippen LogP contribution in [-0.4, -0.2) is 22.2 Å². The number of thiazole rings is 1. The first kappa shape index (κ1) is 13.5. The van der Waals surface area contributed by atoms with E-state index in [2.05, 4.69) is 4.98 Å². The smallest absolute Gasteiger partial charge is 0.309 e. The van der Waals surface area contributed by atoms with Crippen LogP contribution in [-0.2, 0) is 11.2 Å². The van der Waals surface area contributed by atoms with Gasteiger partial charge < -0.3 is 9.84 Å². The van der Waals surface area contributed by atoms with Crippen molar-refractivity contribution in [2.75, 3.05) is 0 Å². The monoisotopic (exact) mass is 277 g/mol. The third kappa shape index (κ3) is 3.79. The van der Waals surface area contributed by atoms with Crippen LogP contribution < -0.4 is 4.74 Å². The molecule has 2 aromatic rings. The van der Waals surface area contributed by atoms with Gasteiger partial charge in [0.1, 0.15) is 10.8 Å². The zero-order valence-electron chi connectivity index (χ0n) is 10.8. The molecule has 1 N–H and O–H groups in total. The van der Waals surface area contributed by atoms with E-state index < -0.39 is 5.97 Å². The standard InChI is InChI=1S/C14H15NO3S/c1-9(2)18-12-5-3-4-10(6-12)14-15-11(8-19-14)7-13(16)17/h3-6,8-9H,7H2,1-2H3,(H,16,17). The zero-order valence-corrected chi connectivity index (χ0v) is 11.6. The Kier molecular flexibility index (Phi) is 4.16. The molecule has 0 saturated carbocycles. The predicted molar refractivity (Wildman–Crippen MR) is 74.7 cm³/mol. The summed E-state index contributed by atoms with van der Waals surface area (Å²) in [5.74, 6) is -0.0729. The summed E-state index contributed by atoms with van der Waals surface area (Å²) in [6, 6.07) is 7.67. The number of carbonyl (C=O) groups is 1. The number of nitrogens with zero attached hydrogens (tertiary/aromatic N) is 1. The normalized spacial score (nSPS) is 10.7. The molecule has 0 aliphatic rings. The molecule has 0 amide bonds. The van der Waals surface area contributed by atoms with E-state index in [1.54, 1.807) is 5.38 Å². The van der Waals surface area contributed by atoms with Crippen molar-refractivity contribution in [3.8, 4) is 16.3 Å². The molecule has 0 spiro atoms. The minimum Gasteiger partial charge on any atom is -0.491 e. The molecular formula is C14H15NO3S. The van der Waals surface area contributed by atoms with Gasteiger partial charge >= 0.3 is 5.97 Å². The Labute approximate surface area is 115 Å². The summed E-state index contributed by atoms with van der Waals surface area (Å²) in [6.07, 6.45) is 0.0766. The molecule has 0 saturated heterocycles. The van der Waals surface area contributed by atoms with Crippen molar-refractivity contribution in [3.63, 3.8) is 0 Å². The maximum Gasteiger partial charge on any atom is 0.309 e. The van der Waals surface area contributed by atoms with Crippen LogP contribution in [0.2, 0.25) is 0 Å². The van der Waals surface area contributed by atoms with Crippen LogP contribution in [0.3, 0.4) is 0 Å². The van der Waals surface area contributed by atoms with Gasteiger partial charge in [-0.3, -0.25) is 4.79 Å². The van der Waals surface area contributed by atoms with Gasteiger partial charge in [-0.1, -0.05) is 12.1 Å².